The third kappa shape index (κ3) is 2.62. The maximum Gasteiger partial charge on any atom is 0.0726 e. The second-order valence-corrected chi connectivity index (χ2v) is 5.94. The summed E-state index contributed by atoms with van der Waals surface area (Å²) in [5.41, 5.74) is 3.33. The van der Waals surface area contributed by atoms with Crippen LogP contribution in [0.2, 0.25) is 0 Å². The van der Waals surface area contributed by atoms with E-state index in [2.05, 4.69) is 41.1 Å². The van der Waals surface area contributed by atoms with Gasteiger partial charge in [0.25, 0.3) is 0 Å². The molecule has 3 heteroatoms. The third-order valence-electron chi connectivity index (χ3n) is 4.25. The zero-order valence-electron chi connectivity index (χ0n) is 12.0. The first-order chi connectivity index (χ1) is 9.79. The van der Waals surface area contributed by atoms with Crippen molar-refractivity contribution in [2.75, 3.05) is 11.4 Å². The zero-order valence-corrected chi connectivity index (χ0v) is 12.7. The standard InChI is InChI=1S/C17H21ClN2/c1-13-7-3-2-6-10-20(13)17-11-14(12-18)19-16-9-5-4-8-15(16)17/h4-5,8-9,11,13H,2-3,6-7,10,12H2,1H3. The monoisotopic (exact) mass is 288 g/mol. The Morgan fingerprint density at radius 1 is 1.25 bits per heavy atom. The van der Waals surface area contributed by atoms with Crippen molar-refractivity contribution in [1.82, 2.24) is 4.98 Å². The van der Waals surface area contributed by atoms with Gasteiger partial charge in [-0.3, -0.25) is 4.98 Å². The van der Waals surface area contributed by atoms with Gasteiger partial charge in [-0.1, -0.05) is 31.0 Å². The Balaban J connectivity index is 2.12. The molecule has 1 aliphatic rings. The Bertz CT molecular complexity index is 597. The number of para-hydroxylation sites is 1. The van der Waals surface area contributed by atoms with Crippen LogP contribution in [0.1, 0.15) is 38.3 Å². The maximum atomic E-state index is 6.03. The molecule has 0 radical (unpaired) electrons. The lowest BCUT2D eigenvalue weighted by atomic mass is 10.1. The number of alkyl halides is 1. The molecule has 0 saturated carbocycles. The number of pyridine rings is 1. The van der Waals surface area contributed by atoms with Crippen LogP contribution in [-0.4, -0.2) is 17.6 Å². The average Bonchev–Trinajstić information content (AvgIpc) is 2.70. The fourth-order valence-corrected chi connectivity index (χ4v) is 3.29. The Labute approximate surface area is 125 Å². The van der Waals surface area contributed by atoms with Crippen molar-refractivity contribution in [3.8, 4) is 0 Å². The van der Waals surface area contributed by atoms with E-state index >= 15 is 0 Å². The Hall–Kier alpha value is -1.28. The van der Waals surface area contributed by atoms with Crippen LogP contribution >= 0.6 is 11.6 Å². The topological polar surface area (TPSA) is 16.1 Å². The predicted molar refractivity (Wildman–Crippen MR) is 86.6 cm³/mol. The van der Waals surface area contributed by atoms with E-state index in [1.165, 1.54) is 36.8 Å². The molecule has 0 amide bonds. The lowest BCUT2D eigenvalue weighted by Crippen LogP contribution is -2.32. The quantitative estimate of drug-likeness (QED) is 0.742. The van der Waals surface area contributed by atoms with Gasteiger partial charge in [0, 0.05) is 23.7 Å². The first-order valence-corrected chi connectivity index (χ1v) is 8.04. The van der Waals surface area contributed by atoms with Crippen molar-refractivity contribution in [2.24, 2.45) is 0 Å². The lowest BCUT2D eigenvalue weighted by molar-refractivity contribution is 0.617. The van der Waals surface area contributed by atoms with Gasteiger partial charge >= 0.3 is 0 Å². The maximum absolute atomic E-state index is 6.03. The van der Waals surface area contributed by atoms with Gasteiger partial charge in [0.1, 0.15) is 0 Å². The van der Waals surface area contributed by atoms with Crippen molar-refractivity contribution in [3.63, 3.8) is 0 Å². The highest BCUT2D eigenvalue weighted by Crippen LogP contribution is 2.31. The third-order valence-corrected chi connectivity index (χ3v) is 4.52. The van der Waals surface area contributed by atoms with Crippen LogP contribution in [0.4, 0.5) is 5.69 Å². The number of hydrogen-bond acceptors (Lipinski definition) is 2. The number of rotatable bonds is 2. The summed E-state index contributed by atoms with van der Waals surface area (Å²) in [6.07, 6.45) is 5.22. The molecule has 0 aliphatic carbocycles. The molecule has 0 bridgehead atoms. The van der Waals surface area contributed by atoms with E-state index in [-0.39, 0.29) is 0 Å². The highest BCUT2D eigenvalue weighted by atomic mass is 35.5. The SMILES string of the molecule is CC1CCCCCN1c1cc(CCl)nc2ccccc12. The molecule has 2 heterocycles. The first-order valence-electron chi connectivity index (χ1n) is 7.51. The van der Waals surface area contributed by atoms with Gasteiger partial charge in [0.15, 0.2) is 0 Å². The van der Waals surface area contributed by atoms with Gasteiger partial charge in [0.2, 0.25) is 0 Å². The molecule has 1 unspecified atom stereocenters. The van der Waals surface area contributed by atoms with Gasteiger partial charge < -0.3 is 4.90 Å². The number of hydrogen-bond donors (Lipinski definition) is 0. The van der Waals surface area contributed by atoms with Crippen molar-refractivity contribution in [3.05, 3.63) is 36.0 Å². The minimum Gasteiger partial charge on any atom is -0.368 e. The molecule has 1 saturated heterocycles. The van der Waals surface area contributed by atoms with Gasteiger partial charge in [-0.2, -0.15) is 0 Å². The van der Waals surface area contributed by atoms with Crippen LogP contribution in [0.3, 0.4) is 0 Å². The number of aromatic nitrogens is 1. The summed E-state index contributed by atoms with van der Waals surface area (Å²) >= 11 is 6.03. The second-order valence-electron chi connectivity index (χ2n) is 5.68. The molecule has 1 aromatic heterocycles. The highest BCUT2D eigenvalue weighted by molar-refractivity contribution is 6.17. The van der Waals surface area contributed by atoms with E-state index in [1.807, 2.05) is 6.07 Å². The van der Waals surface area contributed by atoms with Crippen molar-refractivity contribution in [2.45, 2.75) is 44.5 Å². The first kappa shape index (κ1) is 13.7. The van der Waals surface area contributed by atoms with Gasteiger partial charge in [-0.25, -0.2) is 0 Å². The zero-order chi connectivity index (χ0) is 13.9. The van der Waals surface area contributed by atoms with Crippen LogP contribution < -0.4 is 4.90 Å². The van der Waals surface area contributed by atoms with E-state index in [9.17, 15) is 0 Å². The molecule has 0 N–H and O–H groups in total. The second kappa shape index (κ2) is 6.01. The molecular formula is C17H21ClN2. The van der Waals surface area contributed by atoms with E-state index in [4.69, 9.17) is 11.6 Å². The number of anilines is 1. The van der Waals surface area contributed by atoms with Crippen molar-refractivity contribution in [1.29, 1.82) is 0 Å². The number of nitrogens with zero attached hydrogens (tertiary/aromatic N) is 2. The molecule has 1 atom stereocenters. The molecule has 2 nitrogen and oxygen atoms in total. The van der Waals surface area contributed by atoms with Gasteiger partial charge in [0.05, 0.1) is 17.1 Å². The molecule has 3 rings (SSSR count). The summed E-state index contributed by atoms with van der Waals surface area (Å²) in [7, 11) is 0. The van der Waals surface area contributed by atoms with Gasteiger partial charge in [-0.15, -0.1) is 11.6 Å². The number of halogens is 1. The summed E-state index contributed by atoms with van der Waals surface area (Å²) in [5, 5.41) is 1.25. The summed E-state index contributed by atoms with van der Waals surface area (Å²) < 4.78 is 0. The molecule has 1 aliphatic heterocycles. The normalized spacial score (nSPS) is 20.1. The number of benzene rings is 1. The van der Waals surface area contributed by atoms with E-state index in [1.54, 1.807) is 0 Å². The van der Waals surface area contributed by atoms with Crippen molar-refractivity contribution < 1.29 is 0 Å². The molecule has 1 aromatic carbocycles. The van der Waals surface area contributed by atoms with Gasteiger partial charge in [-0.05, 0) is 31.9 Å². The minimum absolute atomic E-state index is 0.472. The smallest absolute Gasteiger partial charge is 0.0726 e. The summed E-state index contributed by atoms with van der Waals surface area (Å²) in [6.45, 7) is 3.47. The van der Waals surface area contributed by atoms with Crippen LogP contribution in [-0.2, 0) is 5.88 Å². The molecule has 20 heavy (non-hydrogen) atoms. The highest BCUT2D eigenvalue weighted by Gasteiger charge is 2.20. The fraction of sp³-hybridized carbons (Fsp3) is 0.471. The Kier molecular flexibility index (Phi) is 4.11. The predicted octanol–water partition coefficient (Wildman–Crippen LogP) is 4.74. The van der Waals surface area contributed by atoms with Crippen LogP contribution in [0, 0.1) is 0 Å². The lowest BCUT2D eigenvalue weighted by Gasteiger charge is -2.30. The van der Waals surface area contributed by atoms with Crippen LogP contribution in [0.5, 0.6) is 0 Å². The summed E-state index contributed by atoms with van der Waals surface area (Å²) in [5.74, 6) is 0.472. The molecule has 0 spiro atoms. The molecule has 1 fully saturated rings. The molecular weight excluding hydrogens is 268 g/mol. The summed E-state index contributed by atoms with van der Waals surface area (Å²) in [4.78, 5) is 7.19. The van der Waals surface area contributed by atoms with Crippen molar-refractivity contribution >= 4 is 28.2 Å². The molecule has 106 valence electrons. The van der Waals surface area contributed by atoms with E-state index in [0.717, 1.165) is 17.8 Å². The van der Waals surface area contributed by atoms with Crippen LogP contribution in [0.25, 0.3) is 10.9 Å². The Morgan fingerprint density at radius 3 is 2.95 bits per heavy atom. The molecule has 2 aromatic rings. The minimum atomic E-state index is 0.472. The average molecular weight is 289 g/mol. The Morgan fingerprint density at radius 2 is 2.10 bits per heavy atom. The largest absolute Gasteiger partial charge is 0.368 e. The van der Waals surface area contributed by atoms with Crippen LogP contribution in [0.15, 0.2) is 30.3 Å². The van der Waals surface area contributed by atoms with E-state index in [0.29, 0.717) is 11.9 Å². The fourth-order valence-electron chi connectivity index (χ4n) is 3.15. The van der Waals surface area contributed by atoms with E-state index < -0.39 is 0 Å². The number of fused-ring (bicyclic) bond motifs is 1. The summed E-state index contributed by atoms with van der Waals surface area (Å²) in [6, 6.07) is 11.2.